The zero-order valence-electron chi connectivity index (χ0n) is 8.79. The number of hydrogen-bond donors (Lipinski definition) is 2. The molecule has 3 heteroatoms. The Labute approximate surface area is 85.1 Å². The molecule has 78 valence electrons. The van der Waals surface area contributed by atoms with E-state index in [1.807, 2.05) is 6.20 Å². The Hall–Kier alpha value is -0.830. The molecule has 0 amide bonds. The Balaban J connectivity index is 2.15. The van der Waals surface area contributed by atoms with Crippen molar-refractivity contribution in [3.63, 3.8) is 0 Å². The second kappa shape index (κ2) is 3.73. The van der Waals surface area contributed by atoms with Gasteiger partial charge < -0.3 is 10.7 Å². The monoisotopic (exact) mass is 193 g/mol. The van der Waals surface area contributed by atoms with Crippen LogP contribution in [0.4, 0.5) is 0 Å². The molecular weight excluding hydrogens is 174 g/mol. The lowest BCUT2D eigenvalue weighted by molar-refractivity contribution is 0.212. The van der Waals surface area contributed by atoms with Gasteiger partial charge in [0.25, 0.3) is 0 Å². The Morgan fingerprint density at radius 2 is 2.57 bits per heavy atom. The first kappa shape index (κ1) is 9.71. The molecule has 1 aliphatic rings. The van der Waals surface area contributed by atoms with E-state index in [4.69, 9.17) is 5.73 Å². The van der Waals surface area contributed by atoms with Crippen LogP contribution in [0.5, 0.6) is 0 Å². The molecule has 3 N–H and O–H groups in total. The van der Waals surface area contributed by atoms with Crippen molar-refractivity contribution in [3.8, 4) is 0 Å². The summed E-state index contributed by atoms with van der Waals surface area (Å²) in [6.07, 6.45) is 9.60. The Kier molecular flexibility index (Phi) is 2.59. The summed E-state index contributed by atoms with van der Waals surface area (Å²) >= 11 is 0. The normalized spacial score (nSPS) is 33.1. The van der Waals surface area contributed by atoms with Crippen LogP contribution in [0.2, 0.25) is 0 Å². The fraction of sp³-hybridized carbons (Fsp3) is 0.727. The molecule has 1 fully saturated rings. The highest BCUT2D eigenvalue weighted by atomic mass is 15.0. The predicted octanol–water partition coefficient (Wildman–Crippen LogP) is 2.16. The molecule has 2 unspecified atom stereocenters. The van der Waals surface area contributed by atoms with Gasteiger partial charge in [0.05, 0.1) is 5.54 Å². The maximum Gasteiger partial charge on any atom is 0.126 e. The second-order valence-corrected chi connectivity index (χ2v) is 4.46. The van der Waals surface area contributed by atoms with Crippen LogP contribution in [0, 0.1) is 5.92 Å². The van der Waals surface area contributed by atoms with Gasteiger partial charge in [-0.1, -0.05) is 26.2 Å². The topological polar surface area (TPSA) is 54.7 Å². The molecule has 0 radical (unpaired) electrons. The van der Waals surface area contributed by atoms with Gasteiger partial charge >= 0.3 is 0 Å². The third kappa shape index (κ3) is 1.69. The van der Waals surface area contributed by atoms with Gasteiger partial charge in [0.15, 0.2) is 0 Å². The lowest BCUT2D eigenvalue weighted by Crippen LogP contribution is -2.42. The number of rotatable bonds is 2. The minimum absolute atomic E-state index is 0.192. The van der Waals surface area contributed by atoms with Crippen molar-refractivity contribution in [1.82, 2.24) is 9.97 Å². The van der Waals surface area contributed by atoms with E-state index >= 15 is 0 Å². The zero-order chi connectivity index (χ0) is 10.0. The smallest absolute Gasteiger partial charge is 0.126 e. The number of nitrogens with two attached hydrogens (primary N) is 1. The van der Waals surface area contributed by atoms with E-state index in [1.165, 1.54) is 19.3 Å². The van der Waals surface area contributed by atoms with Crippen molar-refractivity contribution >= 4 is 0 Å². The largest absolute Gasteiger partial charge is 0.347 e. The molecule has 1 saturated carbocycles. The third-order valence-corrected chi connectivity index (χ3v) is 3.44. The molecule has 0 aliphatic heterocycles. The fourth-order valence-corrected chi connectivity index (χ4v) is 2.53. The third-order valence-electron chi connectivity index (χ3n) is 3.44. The van der Waals surface area contributed by atoms with Gasteiger partial charge in [0.2, 0.25) is 0 Å². The maximum absolute atomic E-state index is 6.40. The van der Waals surface area contributed by atoms with Crippen molar-refractivity contribution in [1.29, 1.82) is 0 Å². The van der Waals surface area contributed by atoms with E-state index in [0.717, 1.165) is 24.6 Å². The molecule has 1 heterocycles. The van der Waals surface area contributed by atoms with Crippen LogP contribution in [0.25, 0.3) is 0 Å². The van der Waals surface area contributed by atoms with E-state index in [9.17, 15) is 0 Å². The van der Waals surface area contributed by atoms with E-state index in [1.54, 1.807) is 6.20 Å². The molecular formula is C11H19N3. The number of aromatic amines is 1. The molecule has 14 heavy (non-hydrogen) atoms. The summed E-state index contributed by atoms with van der Waals surface area (Å²) in [6.45, 7) is 2.25. The summed E-state index contributed by atoms with van der Waals surface area (Å²) in [5, 5.41) is 0. The highest BCUT2D eigenvalue weighted by molar-refractivity contribution is 5.07. The second-order valence-electron chi connectivity index (χ2n) is 4.46. The van der Waals surface area contributed by atoms with Gasteiger partial charge in [-0.15, -0.1) is 0 Å². The van der Waals surface area contributed by atoms with Crippen molar-refractivity contribution < 1.29 is 0 Å². The molecule has 1 aliphatic carbocycles. The van der Waals surface area contributed by atoms with Crippen LogP contribution in [-0.4, -0.2) is 9.97 Å². The van der Waals surface area contributed by atoms with Crippen LogP contribution < -0.4 is 5.73 Å². The minimum Gasteiger partial charge on any atom is -0.347 e. The van der Waals surface area contributed by atoms with Crippen LogP contribution in [-0.2, 0) is 5.54 Å². The summed E-state index contributed by atoms with van der Waals surface area (Å²) in [5.41, 5.74) is 6.20. The average molecular weight is 193 g/mol. The van der Waals surface area contributed by atoms with Crippen molar-refractivity contribution in [2.75, 3.05) is 0 Å². The van der Waals surface area contributed by atoms with Gasteiger partial charge in [-0.05, 0) is 18.8 Å². The van der Waals surface area contributed by atoms with E-state index in [0.29, 0.717) is 0 Å². The molecule has 1 aromatic heterocycles. The lowest BCUT2D eigenvalue weighted by Gasteiger charge is -2.36. The van der Waals surface area contributed by atoms with E-state index < -0.39 is 0 Å². The van der Waals surface area contributed by atoms with Crippen LogP contribution >= 0.6 is 0 Å². The SMILES string of the molecule is CCC1CCCC(N)(c2ncc[nH]2)C1. The predicted molar refractivity (Wildman–Crippen MR) is 56.7 cm³/mol. The number of aromatic nitrogens is 2. The fourth-order valence-electron chi connectivity index (χ4n) is 2.53. The molecule has 2 atom stereocenters. The standard InChI is InChI=1S/C11H19N3/c1-2-9-4-3-5-11(12,8-9)10-13-6-7-14-10/h6-7,9H,2-5,8,12H2,1H3,(H,13,14). The maximum atomic E-state index is 6.40. The molecule has 0 aromatic carbocycles. The average Bonchev–Trinajstić information content (AvgIpc) is 2.71. The van der Waals surface area contributed by atoms with Gasteiger partial charge in [-0.3, -0.25) is 0 Å². The zero-order valence-corrected chi connectivity index (χ0v) is 8.79. The summed E-state index contributed by atoms with van der Waals surface area (Å²) in [6, 6.07) is 0. The molecule has 0 spiro atoms. The first-order valence-electron chi connectivity index (χ1n) is 5.53. The molecule has 0 bridgehead atoms. The quantitative estimate of drug-likeness (QED) is 0.756. The number of hydrogen-bond acceptors (Lipinski definition) is 2. The molecule has 0 saturated heterocycles. The van der Waals surface area contributed by atoms with Gasteiger partial charge in [0, 0.05) is 12.4 Å². The molecule has 3 nitrogen and oxygen atoms in total. The van der Waals surface area contributed by atoms with Crippen molar-refractivity contribution in [3.05, 3.63) is 18.2 Å². The highest BCUT2D eigenvalue weighted by Gasteiger charge is 2.35. The minimum atomic E-state index is -0.192. The number of nitrogens with zero attached hydrogens (tertiary/aromatic N) is 1. The molecule has 2 rings (SSSR count). The Morgan fingerprint density at radius 3 is 3.21 bits per heavy atom. The van der Waals surface area contributed by atoms with E-state index in [2.05, 4.69) is 16.9 Å². The van der Waals surface area contributed by atoms with Gasteiger partial charge in [-0.2, -0.15) is 0 Å². The lowest BCUT2D eigenvalue weighted by atomic mass is 9.75. The highest BCUT2D eigenvalue weighted by Crippen LogP contribution is 2.37. The summed E-state index contributed by atoms with van der Waals surface area (Å²) in [7, 11) is 0. The summed E-state index contributed by atoms with van der Waals surface area (Å²) in [5.74, 6) is 1.74. The number of imidazole rings is 1. The first-order chi connectivity index (χ1) is 6.74. The van der Waals surface area contributed by atoms with Crippen LogP contribution in [0.15, 0.2) is 12.4 Å². The molecule has 1 aromatic rings. The Morgan fingerprint density at radius 1 is 1.71 bits per heavy atom. The van der Waals surface area contributed by atoms with Crippen molar-refractivity contribution in [2.45, 2.75) is 44.6 Å². The summed E-state index contributed by atoms with van der Waals surface area (Å²) in [4.78, 5) is 7.46. The van der Waals surface area contributed by atoms with Gasteiger partial charge in [-0.25, -0.2) is 4.98 Å². The number of H-pyrrole nitrogens is 1. The van der Waals surface area contributed by atoms with Crippen LogP contribution in [0.1, 0.15) is 44.9 Å². The summed E-state index contributed by atoms with van der Waals surface area (Å²) < 4.78 is 0. The van der Waals surface area contributed by atoms with Crippen molar-refractivity contribution in [2.24, 2.45) is 11.7 Å². The number of nitrogens with one attached hydrogen (secondary N) is 1. The Bertz CT molecular complexity index is 281. The first-order valence-corrected chi connectivity index (χ1v) is 5.53. The van der Waals surface area contributed by atoms with Gasteiger partial charge in [0.1, 0.15) is 5.82 Å². The van der Waals surface area contributed by atoms with Crippen LogP contribution in [0.3, 0.4) is 0 Å². The van der Waals surface area contributed by atoms with E-state index in [-0.39, 0.29) is 5.54 Å².